The summed E-state index contributed by atoms with van der Waals surface area (Å²) in [6, 6.07) is -0.611. The van der Waals surface area contributed by atoms with Crippen molar-refractivity contribution in [2.45, 2.75) is 212 Å². The molecule has 244 valence electrons. The molecule has 0 aromatic heterocycles. The van der Waals surface area contributed by atoms with Crippen molar-refractivity contribution in [3.63, 3.8) is 0 Å². The average molecular weight is 580 g/mol. The van der Waals surface area contributed by atoms with Crippen LogP contribution in [0.2, 0.25) is 0 Å². The van der Waals surface area contributed by atoms with Crippen LogP contribution in [-0.4, -0.2) is 34.9 Å². The van der Waals surface area contributed by atoms with E-state index in [1.807, 2.05) is 6.08 Å². The molecule has 41 heavy (non-hydrogen) atoms. The molecule has 0 heterocycles. The van der Waals surface area contributed by atoms with Crippen LogP contribution in [0.3, 0.4) is 0 Å². The van der Waals surface area contributed by atoms with E-state index in [2.05, 4.69) is 19.2 Å². The van der Waals surface area contributed by atoms with Crippen LogP contribution in [0.15, 0.2) is 12.2 Å². The normalized spacial score (nSPS) is 13.2. The number of aliphatic hydroxyl groups is 2. The van der Waals surface area contributed by atoms with Gasteiger partial charge in [-0.2, -0.15) is 0 Å². The summed E-state index contributed by atoms with van der Waals surface area (Å²) in [6.07, 6.45) is 40.7. The number of carbonyl (C=O) groups excluding carboxylic acids is 1. The van der Waals surface area contributed by atoms with Crippen LogP contribution in [0.25, 0.3) is 0 Å². The van der Waals surface area contributed by atoms with Gasteiger partial charge in [0.05, 0.1) is 18.8 Å². The topological polar surface area (TPSA) is 69.6 Å². The second-order valence-electron chi connectivity index (χ2n) is 12.7. The number of hydrogen-bond acceptors (Lipinski definition) is 3. The van der Waals surface area contributed by atoms with Gasteiger partial charge in [0.25, 0.3) is 0 Å². The molecule has 0 aliphatic carbocycles. The molecule has 0 radical (unpaired) electrons. The highest BCUT2D eigenvalue weighted by Crippen LogP contribution is 2.16. The van der Waals surface area contributed by atoms with Gasteiger partial charge >= 0.3 is 0 Å². The van der Waals surface area contributed by atoms with Gasteiger partial charge in [0, 0.05) is 6.42 Å². The van der Waals surface area contributed by atoms with E-state index in [4.69, 9.17) is 0 Å². The van der Waals surface area contributed by atoms with E-state index >= 15 is 0 Å². The number of unbranched alkanes of at least 4 members (excludes halogenated alkanes) is 26. The summed E-state index contributed by atoms with van der Waals surface area (Å²) in [5.41, 5.74) is 0. The third kappa shape index (κ3) is 30.4. The lowest BCUT2D eigenvalue weighted by Gasteiger charge is -2.19. The Bertz CT molecular complexity index is 550. The fourth-order valence-corrected chi connectivity index (χ4v) is 5.63. The Morgan fingerprint density at radius 1 is 0.561 bits per heavy atom. The molecule has 0 aromatic rings. The van der Waals surface area contributed by atoms with E-state index in [0.29, 0.717) is 6.42 Å². The van der Waals surface area contributed by atoms with Crippen LogP contribution < -0.4 is 5.32 Å². The van der Waals surface area contributed by atoms with Gasteiger partial charge in [0.15, 0.2) is 0 Å². The summed E-state index contributed by atoms with van der Waals surface area (Å²) in [7, 11) is 0. The van der Waals surface area contributed by atoms with Crippen LogP contribution in [0, 0.1) is 0 Å². The zero-order chi connectivity index (χ0) is 30.1. The Balaban J connectivity index is 3.34. The zero-order valence-corrected chi connectivity index (χ0v) is 27.8. The minimum absolute atomic E-state index is 0.0702. The second-order valence-corrected chi connectivity index (χ2v) is 12.7. The summed E-state index contributed by atoms with van der Waals surface area (Å²) in [6.45, 7) is 4.18. The monoisotopic (exact) mass is 580 g/mol. The predicted octanol–water partition coefficient (Wildman–Crippen LogP) is 10.7. The minimum atomic E-state index is -0.829. The zero-order valence-electron chi connectivity index (χ0n) is 27.8. The van der Waals surface area contributed by atoms with Crippen molar-refractivity contribution in [3.05, 3.63) is 12.2 Å². The highest BCUT2D eigenvalue weighted by atomic mass is 16.3. The molecule has 0 saturated heterocycles. The highest BCUT2D eigenvalue weighted by molar-refractivity contribution is 5.76. The smallest absolute Gasteiger partial charge is 0.220 e. The Kier molecular flexibility index (Phi) is 32.9. The van der Waals surface area contributed by atoms with Crippen LogP contribution in [-0.2, 0) is 4.79 Å². The van der Waals surface area contributed by atoms with Gasteiger partial charge in [-0.1, -0.05) is 193 Å². The Morgan fingerprint density at radius 3 is 1.24 bits per heavy atom. The number of aliphatic hydroxyl groups excluding tert-OH is 2. The first kappa shape index (κ1) is 40.1. The van der Waals surface area contributed by atoms with Gasteiger partial charge < -0.3 is 15.5 Å². The number of rotatable bonds is 33. The van der Waals surface area contributed by atoms with Crippen molar-refractivity contribution >= 4 is 5.91 Å². The van der Waals surface area contributed by atoms with Crippen molar-refractivity contribution in [1.29, 1.82) is 0 Å². The van der Waals surface area contributed by atoms with Gasteiger partial charge in [-0.25, -0.2) is 0 Å². The highest BCUT2D eigenvalue weighted by Gasteiger charge is 2.17. The molecule has 1 amide bonds. The Hall–Kier alpha value is -0.870. The summed E-state index contributed by atoms with van der Waals surface area (Å²) in [5, 5.41) is 22.5. The Morgan fingerprint density at radius 2 is 0.902 bits per heavy atom. The number of allylic oxidation sites excluding steroid dienone is 1. The van der Waals surface area contributed by atoms with Gasteiger partial charge in [-0.15, -0.1) is 0 Å². The minimum Gasteiger partial charge on any atom is -0.394 e. The standard InChI is InChI=1S/C37H73NO3/c1-3-5-7-9-10-11-12-13-14-15-16-17-18-19-20-21-22-23-24-25-26-27-28-29-31-33-37(41)38-35(34-39)36(40)32-30-8-6-4-2/h30,32,35-36,39-40H,3-29,31,33-34H2,1-2H3,(H,38,41)/b32-30+. The molecule has 4 nitrogen and oxygen atoms in total. The lowest BCUT2D eigenvalue weighted by molar-refractivity contribution is -0.123. The van der Waals surface area contributed by atoms with Gasteiger partial charge in [-0.05, 0) is 12.8 Å². The molecule has 0 saturated carbocycles. The molecule has 2 unspecified atom stereocenters. The number of nitrogens with one attached hydrogen (secondary N) is 1. The fourth-order valence-electron chi connectivity index (χ4n) is 5.63. The van der Waals surface area contributed by atoms with E-state index in [1.54, 1.807) is 6.08 Å². The Labute approximate surface area is 256 Å². The number of hydrogen-bond donors (Lipinski definition) is 3. The van der Waals surface area contributed by atoms with Gasteiger partial charge in [-0.3, -0.25) is 4.79 Å². The summed E-state index contributed by atoms with van der Waals surface area (Å²) in [5.74, 6) is -0.0702. The maximum atomic E-state index is 12.2. The van der Waals surface area contributed by atoms with E-state index in [9.17, 15) is 15.0 Å². The third-order valence-electron chi connectivity index (χ3n) is 8.52. The van der Waals surface area contributed by atoms with Crippen molar-refractivity contribution in [3.8, 4) is 0 Å². The van der Waals surface area contributed by atoms with Gasteiger partial charge in [0.1, 0.15) is 0 Å². The first-order valence-corrected chi connectivity index (χ1v) is 18.4. The molecule has 4 heteroatoms. The van der Waals surface area contributed by atoms with Gasteiger partial charge in [0.2, 0.25) is 5.91 Å². The molecule has 0 rings (SSSR count). The van der Waals surface area contributed by atoms with E-state index in [1.165, 1.54) is 148 Å². The predicted molar refractivity (Wildman–Crippen MR) is 179 cm³/mol. The second kappa shape index (κ2) is 33.6. The van der Waals surface area contributed by atoms with Crippen molar-refractivity contribution in [2.24, 2.45) is 0 Å². The lowest BCUT2D eigenvalue weighted by atomic mass is 10.0. The molecule has 2 atom stereocenters. The first-order valence-electron chi connectivity index (χ1n) is 18.4. The van der Waals surface area contributed by atoms with Crippen molar-refractivity contribution < 1.29 is 15.0 Å². The third-order valence-corrected chi connectivity index (χ3v) is 8.52. The molecule has 0 aromatic carbocycles. The summed E-state index contributed by atoms with van der Waals surface area (Å²) < 4.78 is 0. The number of amides is 1. The van der Waals surface area contributed by atoms with E-state index in [-0.39, 0.29) is 12.5 Å². The molecule has 0 aliphatic rings. The lowest BCUT2D eigenvalue weighted by Crippen LogP contribution is -2.45. The van der Waals surface area contributed by atoms with Crippen LogP contribution in [0.4, 0.5) is 0 Å². The first-order chi connectivity index (χ1) is 20.2. The van der Waals surface area contributed by atoms with E-state index in [0.717, 1.165) is 32.1 Å². The van der Waals surface area contributed by atoms with Crippen LogP contribution in [0.1, 0.15) is 200 Å². The average Bonchev–Trinajstić information content (AvgIpc) is 2.98. The molecular formula is C37H73NO3. The summed E-state index contributed by atoms with van der Waals surface area (Å²) >= 11 is 0. The molecule has 0 bridgehead atoms. The molecular weight excluding hydrogens is 506 g/mol. The molecule has 0 spiro atoms. The molecule has 0 fully saturated rings. The van der Waals surface area contributed by atoms with E-state index < -0.39 is 12.1 Å². The molecule has 0 aliphatic heterocycles. The molecule has 3 N–H and O–H groups in total. The summed E-state index contributed by atoms with van der Waals surface area (Å²) in [4.78, 5) is 12.2. The number of carbonyl (C=O) groups is 1. The quantitative estimate of drug-likeness (QED) is 0.0535. The maximum Gasteiger partial charge on any atom is 0.220 e. The van der Waals surface area contributed by atoms with Crippen LogP contribution in [0.5, 0.6) is 0 Å². The largest absolute Gasteiger partial charge is 0.394 e. The fraction of sp³-hybridized carbons (Fsp3) is 0.919. The van der Waals surface area contributed by atoms with Crippen molar-refractivity contribution in [1.82, 2.24) is 5.32 Å². The SMILES string of the molecule is CCCC/C=C/C(O)C(CO)NC(=O)CCCCCCCCCCCCCCCCCCCCCCCCCCC. The van der Waals surface area contributed by atoms with Crippen LogP contribution >= 0.6 is 0 Å². The maximum absolute atomic E-state index is 12.2. The van der Waals surface area contributed by atoms with Crippen molar-refractivity contribution in [2.75, 3.05) is 6.61 Å².